The molecule has 0 atom stereocenters. The molecular weight excluding hydrogens is 234 g/mol. The summed E-state index contributed by atoms with van der Waals surface area (Å²) in [5.41, 5.74) is 2.76. The average molecular weight is 259 g/mol. The number of anilines is 1. The molecule has 0 unspecified atom stereocenters. The fraction of sp³-hybridized carbons (Fsp3) is 0.688. The zero-order chi connectivity index (χ0) is 13.1. The van der Waals surface area contributed by atoms with Gasteiger partial charge in [0.25, 0.3) is 0 Å². The highest BCUT2D eigenvalue weighted by atomic mass is 15.2. The van der Waals surface area contributed by atoms with Crippen LogP contribution in [0.2, 0.25) is 0 Å². The number of hydrogen-bond donors (Lipinski definition) is 1. The largest absolute Gasteiger partial charge is 0.367 e. The highest BCUT2D eigenvalue weighted by Crippen LogP contribution is 2.30. The summed E-state index contributed by atoms with van der Waals surface area (Å²) >= 11 is 0. The second-order valence-corrected chi connectivity index (χ2v) is 5.88. The van der Waals surface area contributed by atoms with Gasteiger partial charge in [-0.05, 0) is 44.2 Å². The zero-order valence-corrected chi connectivity index (χ0v) is 11.9. The van der Waals surface area contributed by atoms with E-state index in [4.69, 9.17) is 0 Å². The highest BCUT2D eigenvalue weighted by Gasteiger charge is 2.24. The Labute approximate surface area is 116 Å². The first kappa shape index (κ1) is 12.9. The van der Waals surface area contributed by atoms with Gasteiger partial charge in [0.05, 0.1) is 11.9 Å². The maximum absolute atomic E-state index is 4.36. The molecule has 0 amide bonds. The van der Waals surface area contributed by atoms with Gasteiger partial charge in [0.2, 0.25) is 0 Å². The third-order valence-electron chi connectivity index (χ3n) is 4.46. The molecule has 0 aliphatic heterocycles. The molecule has 1 heterocycles. The van der Waals surface area contributed by atoms with Gasteiger partial charge in [-0.15, -0.1) is 0 Å². The molecule has 2 fully saturated rings. The number of aromatic nitrogens is 1. The first-order chi connectivity index (χ1) is 9.38. The molecule has 19 heavy (non-hydrogen) atoms. The second-order valence-electron chi connectivity index (χ2n) is 5.88. The van der Waals surface area contributed by atoms with E-state index in [1.165, 1.54) is 49.8 Å². The van der Waals surface area contributed by atoms with Crippen LogP contribution < -0.4 is 10.2 Å². The topological polar surface area (TPSA) is 28.2 Å². The van der Waals surface area contributed by atoms with Crippen LogP contribution in [0.15, 0.2) is 18.5 Å². The minimum absolute atomic E-state index is 0.730. The van der Waals surface area contributed by atoms with E-state index in [9.17, 15) is 0 Å². The highest BCUT2D eigenvalue weighted by molar-refractivity contribution is 5.52. The molecule has 3 heteroatoms. The average Bonchev–Trinajstić information content (AvgIpc) is 3.13. The van der Waals surface area contributed by atoms with E-state index in [0.29, 0.717) is 0 Å². The lowest BCUT2D eigenvalue weighted by Crippen LogP contribution is -2.34. The fourth-order valence-electron chi connectivity index (χ4n) is 3.21. The summed E-state index contributed by atoms with van der Waals surface area (Å²) in [6.07, 6.45) is 12.1. The molecule has 0 bridgehead atoms. The summed E-state index contributed by atoms with van der Waals surface area (Å²) in [4.78, 5) is 6.93. The maximum atomic E-state index is 4.36. The predicted octanol–water partition coefficient (Wildman–Crippen LogP) is 3.10. The standard InChI is InChI=1S/C16H25N3/c1-2-19(15-5-3-4-6-15)16-12-17-10-9-13(16)11-18-14-7-8-14/h9-10,12,14-15,18H,2-8,11H2,1H3. The molecule has 104 valence electrons. The zero-order valence-electron chi connectivity index (χ0n) is 11.9. The van der Waals surface area contributed by atoms with E-state index in [1.54, 1.807) is 0 Å². The minimum atomic E-state index is 0.730. The van der Waals surface area contributed by atoms with E-state index in [0.717, 1.165) is 25.2 Å². The third kappa shape index (κ3) is 3.08. The van der Waals surface area contributed by atoms with Crippen LogP contribution in [-0.2, 0) is 6.54 Å². The van der Waals surface area contributed by atoms with E-state index < -0.39 is 0 Å². The Morgan fingerprint density at radius 1 is 1.26 bits per heavy atom. The summed E-state index contributed by atoms with van der Waals surface area (Å²) in [6, 6.07) is 3.68. The Balaban J connectivity index is 1.75. The van der Waals surface area contributed by atoms with Crippen molar-refractivity contribution in [3.05, 3.63) is 24.0 Å². The van der Waals surface area contributed by atoms with Gasteiger partial charge in [-0.25, -0.2) is 0 Å². The Kier molecular flexibility index (Phi) is 4.02. The van der Waals surface area contributed by atoms with Crippen molar-refractivity contribution in [1.82, 2.24) is 10.3 Å². The lowest BCUT2D eigenvalue weighted by atomic mass is 10.1. The molecule has 0 radical (unpaired) electrons. The van der Waals surface area contributed by atoms with Crippen molar-refractivity contribution in [2.75, 3.05) is 11.4 Å². The Morgan fingerprint density at radius 3 is 2.74 bits per heavy atom. The first-order valence-electron chi connectivity index (χ1n) is 7.81. The molecule has 1 aromatic rings. The van der Waals surface area contributed by atoms with Crippen LogP contribution >= 0.6 is 0 Å². The Morgan fingerprint density at radius 2 is 2.05 bits per heavy atom. The van der Waals surface area contributed by atoms with Crippen LogP contribution in [0.4, 0.5) is 5.69 Å². The lowest BCUT2D eigenvalue weighted by Gasteiger charge is -2.31. The minimum Gasteiger partial charge on any atom is -0.367 e. The Bertz CT molecular complexity index is 408. The molecule has 0 aromatic carbocycles. The lowest BCUT2D eigenvalue weighted by molar-refractivity contribution is 0.611. The maximum Gasteiger partial charge on any atom is 0.0600 e. The van der Waals surface area contributed by atoms with Crippen molar-refractivity contribution in [2.45, 2.75) is 64.1 Å². The van der Waals surface area contributed by atoms with Gasteiger partial charge in [-0.2, -0.15) is 0 Å². The smallest absolute Gasteiger partial charge is 0.0600 e. The van der Waals surface area contributed by atoms with Gasteiger partial charge in [-0.1, -0.05) is 12.8 Å². The van der Waals surface area contributed by atoms with Crippen LogP contribution in [0.25, 0.3) is 0 Å². The first-order valence-corrected chi connectivity index (χ1v) is 7.81. The van der Waals surface area contributed by atoms with Crippen molar-refractivity contribution >= 4 is 5.69 Å². The molecular formula is C16H25N3. The SMILES string of the molecule is CCN(c1cnccc1CNC1CC1)C1CCCC1. The van der Waals surface area contributed by atoms with Crippen LogP contribution in [0.1, 0.15) is 51.0 Å². The van der Waals surface area contributed by atoms with Crippen molar-refractivity contribution in [2.24, 2.45) is 0 Å². The van der Waals surface area contributed by atoms with E-state index in [-0.39, 0.29) is 0 Å². The molecule has 2 aliphatic rings. The van der Waals surface area contributed by atoms with E-state index >= 15 is 0 Å². The van der Waals surface area contributed by atoms with Crippen molar-refractivity contribution in [3.8, 4) is 0 Å². The molecule has 1 aromatic heterocycles. The number of hydrogen-bond acceptors (Lipinski definition) is 3. The Hall–Kier alpha value is -1.09. The normalized spacial score (nSPS) is 19.8. The summed E-state index contributed by atoms with van der Waals surface area (Å²) in [5, 5.41) is 3.63. The fourth-order valence-corrected chi connectivity index (χ4v) is 3.21. The van der Waals surface area contributed by atoms with E-state index in [2.05, 4.69) is 34.4 Å². The number of nitrogens with one attached hydrogen (secondary N) is 1. The van der Waals surface area contributed by atoms with Gasteiger partial charge in [0.1, 0.15) is 0 Å². The summed E-state index contributed by atoms with van der Waals surface area (Å²) in [5.74, 6) is 0. The van der Waals surface area contributed by atoms with Crippen molar-refractivity contribution in [3.63, 3.8) is 0 Å². The molecule has 2 saturated carbocycles. The van der Waals surface area contributed by atoms with Gasteiger partial charge >= 0.3 is 0 Å². The number of nitrogens with zero attached hydrogens (tertiary/aromatic N) is 2. The molecule has 3 nitrogen and oxygen atoms in total. The molecule has 0 spiro atoms. The van der Waals surface area contributed by atoms with E-state index in [1.807, 2.05) is 6.20 Å². The van der Waals surface area contributed by atoms with Crippen molar-refractivity contribution < 1.29 is 0 Å². The molecule has 1 N–H and O–H groups in total. The number of pyridine rings is 1. The van der Waals surface area contributed by atoms with Gasteiger partial charge < -0.3 is 10.2 Å². The molecule has 2 aliphatic carbocycles. The quantitative estimate of drug-likeness (QED) is 0.851. The van der Waals surface area contributed by atoms with Crippen LogP contribution in [-0.4, -0.2) is 23.6 Å². The third-order valence-corrected chi connectivity index (χ3v) is 4.46. The van der Waals surface area contributed by atoms with Gasteiger partial charge in [0.15, 0.2) is 0 Å². The summed E-state index contributed by atoms with van der Waals surface area (Å²) in [6.45, 7) is 4.35. The number of rotatable bonds is 6. The van der Waals surface area contributed by atoms with Crippen molar-refractivity contribution in [1.29, 1.82) is 0 Å². The summed E-state index contributed by atoms with van der Waals surface area (Å²) < 4.78 is 0. The van der Waals surface area contributed by atoms with Crippen LogP contribution in [0.5, 0.6) is 0 Å². The summed E-state index contributed by atoms with van der Waals surface area (Å²) in [7, 11) is 0. The predicted molar refractivity (Wildman–Crippen MR) is 79.4 cm³/mol. The molecule has 0 saturated heterocycles. The second kappa shape index (κ2) is 5.91. The van der Waals surface area contributed by atoms with Crippen LogP contribution in [0, 0.1) is 0 Å². The molecule has 3 rings (SSSR count). The van der Waals surface area contributed by atoms with Gasteiger partial charge in [-0.3, -0.25) is 4.98 Å². The monoisotopic (exact) mass is 259 g/mol. The van der Waals surface area contributed by atoms with Crippen LogP contribution in [0.3, 0.4) is 0 Å². The van der Waals surface area contributed by atoms with Gasteiger partial charge in [0, 0.05) is 31.4 Å².